The minimum absolute atomic E-state index is 0.513. The number of hydrogen-bond donors (Lipinski definition) is 0. The predicted molar refractivity (Wildman–Crippen MR) is 66.3 cm³/mol. The predicted octanol–water partition coefficient (Wildman–Crippen LogP) is 4.16. The number of fused-ring (bicyclic) bond motifs is 1. The summed E-state index contributed by atoms with van der Waals surface area (Å²) in [6, 6.07) is 2.27. The van der Waals surface area contributed by atoms with Gasteiger partial charge in [0.2, 0.25) is 0 Å². The van der Waals surface area contributed by atoms with E-state index in [1.807, 2.05) is 0 Å². The minimum Gasteiger partial charge on any atom is -0.461 e. The van der Waals surface area contributed by atoms with Crippen molar-refractivity contribution >= 4 is 6.08 Å². The van der Waals surface area contributed by atoms with Crippen molar-refractivity contribution in [2.45, 2.75) is 32.6 Å². The van der Waals surface area contributed by atoms with Crippen molar-refractivity contribution in [3.8, 4) is 0 Å². The molecular formula is C15H18O. The van der Waals surface area contributed by atoms with E-state index in [1.165, 1.54) is 5.56 Å². The van der Waals surface area contributed by atoms with Gasteiger partial charge in [-0.1, -0.05) is 32.1 Å². The van der Waals surface area contributed by atoms with Crippen LogP contribution in [-0.2, 0) is 6.42 Å². The maximum atomic E-state index is 5.95. The maximum Gasteiger partial charge on any atom is 0.129 e. The first kappa shape index (κ1) is 9.95. The molecular weight excluding hydrogens is 196 g/mol. The number of aryl methyl sites for hydroxylation is 1. The average Bonchev–Trinajstić information content (AvgIpc) is 2.70. The molecule has 1 aromatic rings. The van der Waals surface area contributed by atoms with Gasteiger partial charge in [0.15, 0.2) is 0 Å². The summed E-state index contributed by atoms with van der Waals surface area (Å²) in [4.78, 5) is 0. The molecule has 16 heavy (non-hydrogen) atoms. The first-order valence-corrected chi connectivity index (χ1v) is 6.23. The molecule has 0 amide bonds. The van der Waals surface area contributed by atoms with Crippen molar-refractivity contribution in [2.24, 2.45) is 11.8 Å². The van der Waals surface area contributed by atoms with Gasteiger partial charge in [-0.3, -0.25) is 0 Å². The van der Waals surface area contributed by atoms with Crippen LogP contribution in [0.3, 0.4) is 0 Å². The first-order chi connectivity index (χ1) is 7.75. The second kappa shape index (κ2) is 3.65. The third-order valence-electron chi connectivity index (χ3n) is 3.98. The van der Waals surface area contributed by atoms with E-state index < -0.39 is 0 Å². The molecule has 3 rings (SSSR count). The van der Waals surface area contributed by atoms with Gasteiger partial charge in [-0.05, 0) is 42.4 Å². The second-order valence-electron chi connectivity index (χ2n) is 5.09. The lowest BCUT2D eigenvalue weighted by Gasteiger charge is -2.30. The van der Waals surface area contributed by atoms with Gasteiger partial charge in [0.05, 0.1) is 0 Å². The van der Waals surface area contributed by atoms with Gasteiger partial charge in [0.25, 0.3) is 0 Å². The van der Waals surface area contributed by atoms with Gasteiger partial charge in [0, 0.05) is 5.92 Å². The van der Waals surface area contributed by atoms with Crippen LogP contribution in [0.4, 0.5) is 0 Å². The fourth-order valence-corrected chi connectivity index (χ4v) is 2.73. The third kappa shape index (κ3) is 1.46. The highest BCUT2D eigenvalue weighted by Crippen LogP contribution is 2.39. The van der Waals surface area contributed by atoms with E-state index in [-0.39, 0.29) is 0 Å². The van der Waals surface area contributed by atoms with E-state index >= 15 is 0 Å². The summed E-state index contributed by atoms with van der Waals surface area (Å²) in [5.74, 6) is 4.13. The van der Waals surface area contributed by atoms with E-state index in [2.05, 4.69) is 44.2 Å². The van der Waals surface area contributed by atoms with E-state index in [0.717, 1.165) is 24.4 Å². The highest BCUT2D eigenvalue weighted by molar-refractivity contribution is 5.51. The van der Waals surface area contributed by atoms with E-state index in [0.29, 0.717) is 17.8 Å². The Balaban J connectivity index is 1.87. The Morgan fingerprint density at radius 1 is 1.38 bits per heavy atom. The van der Waals surface area contributed by atoms with E-state index in [4.69, 9.17) is 4.42 Å². The monoisotopic (exact) mass is 214 g/mol. The molecule has 2 aliphatic carbocycles. The van der Waals surface area contributed by atoms with Crippen LogP contribution >= 0.6 is 0 Å². The molecule has 0 fully saturated rings. The maximum absolute atomic E-state index is 5.95. The zero-order chi connectivity index (χ0) is 11.1. The van der Waals surface area contributed by atoms with Crippen LogP contribution in [0.25, 0.3) is 6.08 Å². The molecule has 0 aromatic carbocycles. The number of rotatable bonds is 2. The Morgan fingerprint density at radius 2 is 2.25 bits per heavy atom. The fraction of sp³-hybridized carbons (Fsp3) is 0.467. The molecule has 0 saturated heterocycles. The quantitative estimate of drug-likeness (QED) is 0.673. The van der Waals surface area contributed by atoms with Gasteiger partial charge in [-0.15, -0.1) is 0 Å². The fourth-order valence-electron chi connectivity index (χ4n) is 2.73. The number of allylic oxidation sites excluding steroid dienone is 3. The van der Waals surface area contributed by atoms with Gasteiger partial charge in [-0.2, -0.15) is 0 Å². The van der Waals surface area contributed by atoms with Crippen molar-refractivity contribution in [1.82, 2.24) is 0 Å². The van der Waals surface area contributed by atoms with Crippen molar-refractivity contribution in [3.63, 3.8) is 0 Å². The smallest absolute Gasteiger partial charge is 0.129 e. The van der Waals surface area contributed by atoms with Crippen LogP contribution in [0, 0.1) is 11.8 Å². The molecule has 84 valence electrons. The molecule has 0 spiro atoms. The van der Waals surface area contributed by atoms with Crippen LogP contribution in [0.1, 0.15) is 43.3 Å². The highest BCUT2D eigenvalue weighted by atomic mass is 16.3. The van der Waals surface area contributed by atoms with Crippen molar-refractivity contribution < 1.29 is 4.42 Å². The normalized spacial score (nSPS) is 28.6. The van der Waals surface area contributed by atoms with E-state index in [1.54, 1.807) is 0 Å². The lowest BCUT2D eigenvalue weighted by Crippen LogP contribution is -2.21. The van der Waals surface area contributed by atoms with Crippen molar-refractivity contribution in [2.75, 3.05) is 0 Å². The number of furan rings is 1. The molecule has 3 unspecified atom stereocenters. The topological polar surface area (TPSA) is 13.1 Å². The standard InChI is InChI=1S/C15H18O/c1-10-7-8-13(10)11(2)15-9-12-5-3-4-6-14(12)16-15/h4,6-11,13H,3,5H2,1-2H3. The summed E-state index contributed by atoms with van der Waals surface area (Å²) in [6.07, 6.45) is 11.2. The zero-order valence-electron chi connectivity index (χ0n) is 9.94. The van der Waals surface area contributed by atoms with Gasteiger partial charge < -0.3 is 4.42 Å². The molecule has 0 saturated carbocycles. The third-order valence-corrected chi connectivity index (χ3v) is 3.98. The minimum atomic E-state index is 0.513. The van der Waals surface area contributed by atoms with Crippen molar-refractivity contribution in [3.05, 3.63) is 41.4 Å². The Bertz CT molecular complexity index is 450. The molecule has 1 heterocycles. The average molecular weight is 214 g/mol. The molecule has 0 aliphatic heterocycles. The molecule has 1 nitrogen and oxygen atoms in total. The van der Waals surface area contributed by atoms with E-state index in [9.17, 15) is 0 Å². The largest absolute Gasteiger partial charge is 0.461 e. The summed E-state index contributed by atoms with van der Waals surface area (Å²) in [7, 11) is 0. The molecule has 1 aromatic heterocycles. The number of hydrogen-bond acceptors (Lipinski definition) is 1. The molecule has 3 atom stereocenters. The van der Waals surface area contributed by atoms with Gasteiger partial charge >= 0.3 is 0 Å². The first-order valence-electron chi connectivity index (χ1n) is 6.23. The van der Waals surface area contributed by atoms with Crippen LogP contribution in [-0.4, -0.2) is 0 Å². The molecule has 0 N–H and O–H groups in total. The molecule has 1 heteroatoms. The van der Waals surface area contributed by atoms with Crippen LogP contribution < -0.4 is 0 Å². The summed E-state index contributed by atoms with van der Waals surface area (Å²) in [5, 5.41) is 0. The lowest BCUT2D eigenvalue weighted by atomic mass is 9.74. The Morgan fingerprint density at radius 3 is 2.88 bits per heavy atom. The second-order valence-corrected chi connectivity index (χ2v) is 5.09. The summed E-state index contributed by atoms with van der Waals surface area (Å²) in [6.45, 7) is 4.56. The molecule has 2 aliphatic rings. The molecule has 0 radical (unpaired) electrons. The van der Waals surface area contributed by atoms with Crippen LogP contribution in [0.5, 0.6) is 0 Å². The molecule has 0 bridgehead atoms. The lowest BCUT2D eigenvalue weighted by molar-refractivity contribution is 0.345. The van der Waals surface area contributed by atoms with Crippen molar-refractivity contribution in [1.29, 1.82) is 0 Å². The Kier molecular flexibility index (Phi) is 2.27. The SMILES string of the molecule is CC1C=CC1C(C)c1cc2c(o1)C=CCC2. The Hall–Kier alpha value is -1.24. The summed E-state index contributed by atoms with van der Waals surface area (Å²) in [5.41, 5.74) is 1.39. The summed E-state index contributed by atoms with van der Waals surface area (Å²) < 4.78 is 5.95. The van der Waals surface area contributed by atoms with Gasteiger partial charge in [0.1, 0.15) is 11.5 Å². The zero-order valence-corrected chi connectivity index (χ0v) is 9.94. The summed E-state index contributed by atoms with van der Waals surface area (Å²) >= 11 is 0. The van der Waals surface area contributed by atoms with Crippen LogP contribution in [0.2, 0.25) is 0 Å². The van der Waals surface area contributed by atoms with Crippen LogP contribution in [0.15, 0.2) is 28.7 Å². The van der Waals surface area contributed by atoms with Gasteiger partial charge in [-0.25, -0.2) is 0 Å². The highest BCUT2D eigenvalue weighted by Gasteiger charge is 2.29. The Labute approximate surface area is 96.8 Å².